The van der Waals surface area contributed by atoms with Gasteiger partial charge in [0.1, 0.15) is 11.7 Å². The molecule has 0 aliphatic heterocycles. The van der Waals surface area contributed by atoms with Crippen LogP contribution in [0.4, 0.5) is 0 Å². The first kappa shape index (κ1) is 20.3. The maximum atomic E-state index is 12.9. The van der Waals surface area contributed by atoms with E-state index in [2.05, 4.69) is 31.0 Å². The summed E-state index contributed by atoms with van der Waals surface area (Å²) in [6, 6.07) is 14.1. The van der Waals surface area contributed by atoms with Gasteiger partial charge in [-0.25, -0.2) is 0 Å². The molecule has 0 spiro atoms. The third kappa shape index (κ3) is 4.04. The summed E-state index contributed by atoms with van der Waals surface area (Å²) < 4.78 is 11.0. The zero-order valence-electron chi connectivity index (χ0n) is 16.9. The van der Waals surface area contributed by atoms with Gasteiger partial charge in [0.25, 0.3) is 0 Å². The predicted octanol–water partition coefficient (Wildman–Crippen LogP) is 5.49. The Bertz CT molecular complexity index is 949. The smallest absolute Gasteiger partial charge is 0.315 e. The van der Waals surface area contributed by atoms with Crippen molar-refractivity contribution in [3.05, 3.63) is 59.3 Å². The van der Waals surface area contributed by atoms with Gasteiger partial charge in [-0.1, -0.05) is 37.3 Å². The lowest BCUT2D eigenvalue weighted by Gasteiger charge is -2.17. The standard InChI is InChI=1S/C23H27NO3S/c1-5-27-23(25)17(14-16-10-8-7-9-11-16)21-22(28-6-2)20-15(3)19(26-4)13-12-18(20)24-21/h7-13,17,24H,5-6,14H2,1-4H3. The Kier molecular flexibility index (Phi) is 6.68. The molecule has 0 radical (unpaired) electrons. The highest BCUT2D eigenvalue weighted by Crippen LogP contribution is 2.41. The number of aryl methyl sites for hydroxylation is 1. The number of aromatic amines is 1. The highest BCUT2D eigenvalue weighted by atomic mass is 32.2. The third-order valence-corrected chi connectivity index (χ3v) is 5.87. The van der Waals surface area contributed by atoms with Gasteiger partial charge in [-0.15, -0.1) is 11.8 Å². The van der Waals surface area contributed by atoms with Crippen LogP contribution in [0.15, 0.2) is 47.4 Å². The molecule has 3 rings (SSSR count). The minimum absolute atomic E-state index is 0.194. The van der Waals surface area contributed by atoms with E-state index in [1.807, 2.05) is 37.3 Å². The van der Waals surface area contributed by atoms with Gasteiger partial charge in [0.15, 0.2) is 0 Å². The third-order valence-electron chi connectivity index (χ3n) is 4.87. The number of ether oxygens (including phenoxy) is 2. The summed E-state index contributed by atoms with van der Waals surface area (Å²) >= 11 is 1.75. The van der Waals surface area contributed by atoms with Crippen LogP contribution in [-0.2, 0) is 16.0 Å². The number of hydrogen-bond donors (Lipinski definition) is 1. The molecule has 0 amide bonds. The van der Waals surface area contributed by atoms with Crippen LogP contribution >= 0.6 is 11.8 Å². The maximum Gasteiger partial charge on any atom is 0.315 e. The molecule has 1 heterocycles. The second-order valence-electron chi connectivity index (χ2n) is 6.61. The molecule has 5 heteroatoms. The number of aromatic nitrogens is 1. The molecule has 1 atom stereocenters. The Hall–Kier alpha value is -2.40. The SMILES string of the molecule is CCOC(=O)C(Cc1ccccc1)c1[nH]c2ccc(OC)c(C)c2c1SCC. The average Bonchev–Trinajstić information content (AvgIpc) is 3.06. The molecule has 4 nitrogen and oxygen atoms in total. The van der Waals surface area contributed by atoms with Gasteiger partial charge in [-0.05, 0) is 43.7 Å². The fraction of sp³-hybridized carbons (Fsp3) is 0.348. The Morgan fingerprint density at radius 1 is 1.14 bits per heavy atom. The van der Waals surface area contributed by atoms with Crippen LogP contribution in [0.5, 0.6) is 5.75 Å². The predicted molar refractivity (Wildman–Crippen MR) is 116 cm³/mol. The summed E-state index contributed by atoms with van der Waals surface area (Å²) in [5.74, 6) is 1.19. The van der Waals surface area contributed by atoms with Crippen LogP contribution in [0.1, 0.15) is 36.6 Å². The van der Waals surface area contributed by atoms with Crippen molar-refractivity contribution in [2.45, 2.75) is 38.0 Å². The van der Waals surface area contributed by atoms with E-state index in [0.29, 0.717) is 13.0 Å². The highest BCUT2D eigenvalue weighted by Gasteiger charge is 2.29. The van der Waals surface area contributed by atoms with Crippen LogP contribution < -0.4 is 4.74 Å². The van der Waals surface area contributed by atoms with Crippen LogP contribution in [0, 0.1) is 6.92 Å². The van der Waals surface area contributed by atoms with Gasteiger partial charge in [0.05, 0.1) is 13.7 Å². The zero-order valence-corrected chi connectivity index (χ0v) is 17.7. The molecule has 0 aliphatic carbocycles. The normalized spacial score (nSPS) is 12.1. The number of carbonyl (C=O) groups excluding carboxylic acids is 1. The largest absolute Gasteiger partial charge is 0.496 e. The summed E-state index contributed by atoms with van der Waals surface area (Å²) in [7, 11) is 1.69. The van der Waals surface area contributed by atoms with Crippen molar-refractivity contribution in [2.75, 3.05) is 19.5 Å². The lowest BCUT2D eigenvalue weighted by molar-refractivity contribution is -0.145. The van der Waals surface area contributed by atoms with E-state index in [1.165, 1.54) is 0 Å². The average molecular weight is 398 g/mol. The minimum Gasteiger partial charge on any atom is -0.496 e. The molecule has 2 aromatic carbocycles. The Balaban J connectivity index is 2.16. The number of thioether (sulfide) groups is 1. The van der Waals surface area contributed by atoms with Crippen molar-refractivity contribution >= 4 is 28.6 Å². The van der Waals surface area contributed by atoms with Crippen molar-refractivity contribution in [1.29, 1.82) is 0 Å². The molecule has 3 aromatic rings. The van der Waals surface area contributed by atoms with Gasteiger partial charge >= 0.3 is 5.97 Å². The number of rotatable bonds is 8. The van der Waals surface area contributed by atoms with E-state index >= 15 is 0 Å². The van der Waals surface area contributed by atoms with E-state index in [-0.39, 0.29) is 11.9 Å². The Morgan fingerprint density at radius 3 is 2.54 bits per heavy atom. The number of esters is 1. The van der Waals surface area contributed by atoms with E-state index in [4.69, 9.17) is 9.47 Å². The summed E-state index contributed by atoms with van der Waals surface area (Å²) in [6.45, 7) is 6.40. The molecule has 0 saturated heterocycles. The van der Waals surface area contributed by atoms with Crippen LogP contribution in [0.25, 0.3) is 10.9 Å². The molecule has 0 saturated carbocycles. The maximum absolute atomic E-state index is 12.9. The van der Waals surface area contributed by atoms with Crippen molar-refractivity contribution in [3.63, 3.8) is 0 Å². The number of methoxy groups -OCH3 is 1. The zero-order chi connectivity index (χ0) is 20.1. The molecule has 0 fully saturated rings. The topological polar surface area (TPSA) is 51.3 Å². The highest BCUT2D eigenvalue weighted by molar-refractivity contribution is 7.99. The van der Waals surface area contributed by atoms with Crippen molar-refractivity contribution < 1.29 is 14.3 Å². The molecule has 28 heavy (non-hydrogen) atoms. The first-order valence-electron chi connectivity index (χ1n) is 9.63. The number of nitrogens with one attached hydrogen (secondary N) is 1. The van der Waals surface area contributed by atoms with Crippen molar-refractivity contribution in [3.8, 4) is 5.75 Å². The Morgan fingerprint density at radius 2 is 1.89 bits per heavy atom. The molecule has 0 bridgehead atoms. The minimum atomic E-state index is -0.380. The summed E-state index contributed by atoms with van der Waals surface area (Å²) in [5.41, 5.74) is 4.15. The lowest BCUT2D eigenvalue weighted by Crippen LogP contribution is -2.19. The molecule has 148 valence electrons. The molecule has 1 aromatic heterocycles. The monoisotopic (exact) mass is 397 g/mol. The van der Waals surface area contributed by atoms with E-state index in [0.717, 1.165) is 44.1 Å². The Labute approximate surface area is 170 Å². The number of H-pyrrole nitrogens is 1. The van der Waals surface area contributed by atoms with Crippen LogP contribution in [-0.4, -0.2) is 30.4 Å². The summed E-state index contributed by atoms with van der Waals surface area (Å²) in [4.78, 5) is 17.6. The van der Waals surface area contributed by atoms with Crippen LogP contribution in [0.3, 0.4) is 0 Å². The molecule has 1 unspecified atom stereocenters. The number of carbonyl (C=O) groups is 1. The van der Waals surface area contributed by atoms with Crippen molar-refractivity contribution in [2.24, 2.45) is 0 Å². The molecule has 0 aliphatic rings. The second-order valence-corrected chi connectivity index (χ2v) is 7.88. The first-order chi connectivity index (χ1) is 13.6. The first-order valence-corrected chi connectivity index (χ1v) is 10.6. The quantitative estimate of drug-likeness (QED) is 0.404. The number of benzene rings is 2. The van der Waals surface area contributed by atoms with Gasteiger partial charge in [-0.3, -0.25) is 4.79 Å². The molecule has 1 N–H and O–H groups in total. The number of fused-ring (bicyclic) bond motifs is 1. The lowest BCUT2D eigenvalue weighted by atomic mass is 9.96. The van der Waals surface area contributed by atoms with Crippen LogP contribution in [0.2, 0.25) is 0 Å². The number of hydrogen-bond acceptors (Lipinski definition) is 4. The van der Waals surface area contributed by atoms with Gasteiger partial charge in [-0.2, -0.15) is 0 Å². The molecular weight excluding hydrogens is 370 g/mol. The fourth-order valence-electron chi connectivity index (χ4n) is 3.58. The summed E-state index contributed by atoms with van der Waals surface area (Å²) in [5, 5.41) is 1.13. The molecular formula is C23H27NO3S. The van der Waals surface area contributed by atoms with Gasteiger partial charge in [0.2, 0.25) is 0 Å². The van der Waals surface area contributed by atoms with E-state index in [1.54, 1.807) is 18.9 Å². The van der Waals surface area contributed by atoms with Gasteiger partial charge in [0, 0.05) is 27.1 Å². The fourth-order valence-corrected chi connectivity index (χ4v) is 4.63. The van der Waals surface area contributed by atoms with E-state index in [9.17, 15) is 4.79 Å². The van der Waals surface area contributed by atoms with Gasteiger partial charge < -0.3 is 14.5 Å². The van der Waals surface area contributed by atoms with Crippen molar-refractivity contribution in [1.82, 2.24) is 4.98 Å². The summed E-state index contributed by atoms with van der Waals surface area (Å²) in [6.07, 6.45) is 0.597. The second kappa shape index (κ2) is 9.20. The van der Waals surface area contributed by atoms with E-state index < -0.39 is 0 Å².